The molecule has 2 amide bonds. The van der Waals surface area contributed by atoms with E-state index in [2.05, 4.69) is 15.2 Å². The number of aromatic nitrogens is 2. The van der Waals surface area contributed by atoms with Crippen LogP contribution < -0.4 is 14.8 Å². The lowest BCUT2D eigenvalue weighted by molar-refractivity contribution is -0.0498. The van der Waals surface area contributed by atoms with E-state index >= 15 is 0 Å². The fourth-order valence-corrected chi connectivity index (χ4v) is 4.61. The maximum atomic E-state index is 13.9. The number of aryl methyl sites for hydroxylation is 1. The van der Waals surface area contributed by atoms with Crippen molar-refractivity contribution in [3.8, 4) is 17.3 Å². The monoisotopic (exact) mass is 607 g/mol. The maximum absolute atomic E-state index is 13.9. The number of nitrogens with one attached hydrogen (secondary N) is 1. The fraction of sp³-hybridized carbons (Fsp3) is 0.414. The van der Waals surface area contributed by atoms with Crippen molar-refractivity contribution in [3.05, 3.63) is 65.4 Å². The van der Waals surface area contributed by atoms with Gasteiger partial charge in [-0.1, -0.05) is 12.1 Å². The smallest absolute Gasteiger partial charge is 0.416 e. The zero-order valence-corrected chi connectivity index (χ0v) is 24.1. The largest absolute Gasteiger partial charge is 0.435 e. The van der Waals surface area contributed by atoms with Crippen LogP contribution >= 0.6 is 0 Å². The van der Waals surface area contributed by atoms with E-state index in [1.54, 1.807) is 0 Å². The van der Waals surface area contributed by atoms with Gasteiger partial charge in [-0.15, -0.1) is 0 Å². The van der Waals surface area contributed by atoms with Crippen LogP contribution in [0.25, 0.3) is 5.69 Å². The molecule has 43 heavy (non-hydrogen) atoms. The number of hydrogen-bond donors (Lipinski definition) is 2. The molecule has 2 heterocycles. The Kier molecular flexibility index (Phi) is 9.30. The molecule has 0 bridgehead atoms. The van der Waals surface area contributed by atoms with Crippen LogP contribution in [0.5, 0.6) is 11.6 Å². The first kappa shape index (κ1) is 31.8. The van der Waals surface area contributed by atoms with E-state index in [-0.39, 0.29) is 59.5 Å². The lowest BCUT2D eigenvalue weighted by Crippen LogP contribution is -2.57. The minimum atomic E-state index is -3.14. The highest BCUT2D eigenvalue weighted by molar-refractivity contribution is 6.07. The van der Waals surface area contributed by atoms with E-state index in [1.165, 1.54) is 59.0 Å². The zero-order chi connectivity index (χ0) is 31.5. The topological polar surface area (TPSA) is 109 Å². The van der Waals surface area contributed by atoms with E-state index in [1.807, 2.05) is 18.7 Å². The van der Waals surface area contributed by atoms with Gasteiger partial charge in [0.05, 0.1) is 18.0 Å². The number of benzene rings is 2. The molecule has 14 heteroatoms. The Morgan fingerprint density at radius 1 is 1.05 bits per heavy atom. The molecule has 2 N–H and O–H groups in total. The Hall–Kier alpha value is -4.17. The maximum Gasteiger partial charge on any atom is 0.416 e. The second-order valence-electron chi connectivity index (χ2n) is 10.8. The standard InChI is InChI=1S/C29H33F4N5O5/c1-18-23(24(40)34-20-7-5-6-19(16-20)29(4,32)33)25(38(35-18)21-8-10-22(11-9-21)42-26(30)31)43-27(41)36-12-14-37(15-13-36)28(2,3)17-39/h5-11,16,26,39H,12-15,17H2,1-4H3,(H,34,40). The molecule has 3 aromatic rings. The molecule has 0 radical (unpaired) electrons. The Morgan fingerprint density at radius 3 is 2.28 bits per heavy atom. The summed E-state index contributed by atoms with van der Waals surface area (Å²) in [6.45, 7) is 4.45. The summed E-state index contributed by atoms with van der Waals surface area (Å²) in [4.78, 5) is 30.3. The zero-order valence-electron chi connectivity index (χ0n) is 24.1. The van der Waals surface area contributed by atoms with Gasteiger partial charge in [-0.3, -0.25) is 9.69 Å². The fourth-order valence-electron chi connectivity index (χ4n) is 4.61. The van der Waals surface area contributed by atoms with Crippen LogP contribution in [0.15, 0.2) is 48.5 Å². The minimum absolute atomic E-state index is 0.0612. The Labute approximate surface area is 245 Å². The van der Waals surface area contributed by atoms with E-state index in [0.717, 1.165) is 13.0 Å². The van der Waals surface area contributed by atoms with Gasteiger partial charge >= 0.3 is 12.7 Å². The van der Waals surface area contributed by atoms with Crippen molar-refractivity contribution in [2.45, 2.75) is 45.8 Å². The molecule has 0 aliphatic carbocycles. The van der Waals surface area contributed by atoms with Crippen LogP contribution in [0.1, 0.15) is 42.4 Å². The van der Waals surface area contributed by atoms with Gasteiger partial charge in [-0.05, 0) is 57.2 Å². The number of piperazine rings is 1. The summed E-state index contributed by atoms with van der Waals surface area (Å²) in [7, 11) is 0. The van der Waals surface area contributed by atoms with Gasteiger partial charge in [-0.25, -0.2) is 13.6 Å². The first-order valence-corrected chi connectivity index (χ1v) is 13.5. The highest BCUT2D eigenvalue weighted by atomic mass is 19.3. The third-order valence-electron chi connectivity index (χ3n) is 7.14. The Balaban J connectivity index is 1.65. The predicted molar refractivity (Wildman–Crippen MR) is 149 cm³/mol. The second kappa shape index (κ2) is 12.6. The Bertz CT molecular complexity index is 1450. The van der Waals surface area contributed by atoms with Gasteiger partial charge < -0.3 is 24.8 Å². The second-order valence-corrected chi connectivity index (χ2v) is 10.8. The SMILES string of the molecule is Cc1nn(-c2ccc(OC(F)F)cc2)c(OC(=O)N2CCN(C(C)(C)CO)CC2)c1C(=O)Nc1cccc(C(C)(F)F)c1. The number of halogens is 4. The number of aliphatic hydroxyl groups excluding tert-OH is 1. The van der Waals surface area contributed by atoms with E-state index in [4.69, 9.17) is 4.74 Å². The number of carbonyl (C=O) groups is 2. The lowest BCUT2D eigenvalue weighted by Gasteiger charge is -2.42. The molecule has 1 aromatic heterocycles. The quantitative estimate of drug-likeness (QED) is 0.329. The number of ether oxygens (including phenoxy) is 2. The highest BCUT2D eigenvalue weighted by Crippen LogP contribution is 2.31. The molecule has 0 spiro atoms. The Morgan fingerprint density at radius 2 is 1.70 bits per heavy atom. The summed E-state index contributed by atoms with van der Waals surface area (Å²) >= 11 is 0. The number of alkyl halides is 4. The number of aliphatic hydroxyl groups is 1. The molecule has 0 atom stereocenters. The van der Waals surface area contributed by atoms with Crippen molar-refractivity contribution in [1.29, 1.82) is 0 Å². The summed E-state index contributed by atoms with van der Waals surface area (Å²) in [5.74, 6) is -4.28. The number of carbonyl (C=O) groups excluding carboxylic acids is 2. The summed E-state index contributed by atoms with van der Waals surface area (Å²) in [6, 6.07) is 10.5. The van der Waals surface area contributed by atoms with Gasteiger partial charge in [0.15, 0.2) is 0 Å². The molecule has 2 aromatic carbocycles. The van der Waals surface area contributed by atoms with Gasteiger partial charge in [0.25, 0.3) is 11.8 Å². The van der Waals surface area contributed by atoms with Gasteiger partial charge in [0.1, 0.15) is 11.3 Å². The van der Waals surface area contributed by atoms with Crippen molar-refractivity contribution in [2.75, 3.05) is 38.1 Å². The lowest BCUT2D eigenvalue weighted by atomic mass is 10.0. The molecular formula is C29H33F4N5O5. The molecule has 10 nitrogen and oxygen atoms in total. The first-order valence-electron chi connectivity index (χ1n) is 13.5. The highest BCUT2D eigenvalue weighted by Gasteiger charge is 2.33. The molecule has 1 aliphatic rings. The molecular weight excluding hydrogens is 574 g/mol. The number of nitrogens with zero attached hydrogens (tertiary/aromatic N) is 4. The van der Waals surface area contributed by atoms with Crippen LogP contribution in [0, 0.1) is 6.92 Å². The average Bonchev–Trinajstić information content (AvgIpc) is 3.28. The molecule has 1 fully saturated rings. The van der Waals surface area contributed by atoms with Crippen molar-refractivity contribution in [1.82, 2.24) is 19.6 Å². The van der Waals surface area contributed by atoms with Crippen LogP contribution in [-0.4, -0.2) is 81.6 Å². The minimum Gasteiger partial charge on any atom is -0.435 e. The third kappa shape index (κ3) is 7.43. The molecule has 0 unspecified atom stereocenters. The number of rotatable bonds is 9. The average molecular weight is 608 g/mol. The van der Waals surface area contributed by atoms with Crippen LogP contribution in [0.3, 0.4) is 0 Å². The molecule has 1 saturated heterocycles. The van der Waals surface area contributed by atoms with E-state index in [0.29, 0.717) is 13.1 Å². The third-order valence-corrected chi connectivity index (χ3v) is 7.14. The van der Waals surface area contributed by atoms with E-state index in [9.17, 15) is 32.3 Å². The number of anilines is 1. The molecule has 0 saturated carbocycles. The first-order chi connectivity index (χ1) is 20.2. The van der Waals surface area contributed by atoms with Crippen molar-refractivity contribution in [2.24, 2.45) is 0 Å². The predicted octanol–water partition coefficient (Wildman–Crippen LogP) is 5.03. The van der Waals surface area contributed by atoms with Crippen LogP contribution in [-0.2, 0) is 5.92 Å². The molecule has 4 rings (SSSR count). The van der Waals surface area contributed by atoms with Crippen molar-refractivity contribution >= 4 is 17.7 Å². The van der Waals surface area contributed by atoms with Gasteiger partial charge in [-0.2, -0.15) is 18.6 Å². The summed E-state index contributed by atoms with van der Waals surface area (Å²) in [6.07, 6.45) is -0.762. The molecule has 232 valence electrons. The summed E-state index contributed by atoms with van der Waals surface area (Å²) in [5, 5.41) is 16.6. The molecule has 1 aliphatic heterocycles. The van der Waals surface area contributed by atoms with Gasteiger partial charge in [0.2, 0.25) is 5.88 Å². The normalized spacial score (nSPS) is 14.6. The van der Waals surface area contributed by atoms with Crippen molar-refractivity contribution in [3.63, 3.8) is 0 Å². The summed E-state index contributed by atoms with van der Waals surface area (Å²) in [5.41, 5.74) is -0.400. The van der Waals surface area contributed by atoms with Crippen LogP contribution in [0.4, 0.5) is 28.0 Å². The van der Waals surface area contributed by atoms with Crippen molar-refractivity contribution < 1.29 is 41.7 Å². The van der Waals surface area contributed by atoms with Crippen LogP contribution in [0.2, 0.25) is 0 Å². The van der Waals surface area contributed by atoms with E-state index < -0.39 is 30.1 Å². The summed E-state index contributed by atoms with van der Waals surface area (Å²) < 4.78 is 64.4. The number of amides is 2. The van der Waals surface area contributed by atoms with Gasteiger partial charge in [0, 0.05) is 49.9 Å². The number of hydrogen-bond acceptors (Lipinski definition) is 7.